The van der Waals surface area contributed by atoms with E-state index in [2.05, 4.69) is 15.0 Å². The van der Waals surface area contributed by atoms with E-state index in [0.717, 1.165) is 23.5 Å². The molecule has 4 rings (SSSR count). The van der Waals surface area contributed by atoms with Crippen LogP contribution in [-0.2, 0) is 4.74 Å². The van der Waals surface area contributed by atoms with Gasteiger partial charge in [-0.1, -0.05) is 0 Å². The summed E-state index contributed by atoms with van der Waals surface area (Å²) in [6, 6.07) is 4.96. The van der Waals surface area contributed by atoms with Crippen LogP contribution in [0.3, 0.4) is 0 Å². The first-order valence-electron chi connectivity index (χ1n) is 9.29. The van der Waals surface area contributed by atoms with E-state index in [1.807, 2.05) is 17.2 Å². The van der Waals surface area contributed by atoms with Crippen molar-refractivity contribution in [2.45, 2.75) is 25.8 Å². The van der Waals surface area contributed by atoms with Crippen molar-refractivity contribution >= 4 is 23.2 Å². The van der Waals surface area contributed by atoms with Gasteiger partial charge in [-0.25, -0.2) is 9.78 Å². The van der Waals surface area contributed by atoms with E-state index in [1.165, 1.54) is 7.11 Å². The minimum absolute atomic E-state index is 0.0389. The fourth-order valence-electron chi connectivity index (χ4n) is 3.54. The van der Waals surface area contributed by atoms with Crippen LogP contribution >= 0.6 is 11.3 Å². The molecule has 1 aromatic carbocycles. The number of amides is 1. The highest BCUT2D eigenvalue weighted by molar-refractivity contribution is 7.09. The molecule has 2 aromatic heterocycles. The number of carbonyl (C=O) groups excluding carboxylic acids is 2. The largest absolute Gasteiger partial charge is 0.465 e. The number of hydrogen-bond donors (Lipinski definition) is 0. The Labute approximate surface area is 172 Å². The third kappa shape index (κ3) is 3.88. The molecule has 29 heavy (non-hydrogen) atoms. The summed E-state index contributed by atoms with van der Waals surface area (Å²) in [6.07, 6.45) is 6.55. The second-order valence-electron chi connectivity index (χ2n) is 6.86. The molecule has 0 saturated carbocycles. The molecule has 1 atom stereocenters. The summed E-state index contributed by atoms with van der Waals surface area (Å²) in [7, 11) is 1.32. The monoisotopic (exact) mass is 408 g/mol. The lowest BCUT2D eigenvalue weighted by atomic mass is 10.0. The van der Waals surface area contributed by atoms with Crippen molar-refractivity contribution in [1.29, 1.82) is 0 Å². The summed E-state index contributed by atoms with van der Waals surface area (Å²) in [5.74, 6) is -0.630. The van der Waals surface area contributed by atoms with Gasteiger partial charge in [0.1, 0.15) is 5.01 Å². The smallest absolute Gasteiger partial charge is 0.337 e. The van der Waals surface area contributed by atoms with Crippen LogP contribution in [0.1, 0.15) is 50.3 Å². The molecule has 1 amide bonds. The first-order valence-corrected chi connectivity index (χ1v) is 10.2. The first-order chi connectivity index (χ1) is 14.1. The summed E-state index contributed by atoms with van der Waals surface area (Å²) >= 11 is 1.58. The van der Waals surface area contributed by atoms with Crippen molar-refractivity contribution in [2.75, 3.05) is 13.7 Å². The molecule has 0 radical (unpaired) electrons. The Morgan fingerprint density at radius 2 is 2.03 bits per heavy atom. The van der Waals surface area contributed by atoms with Crippen molar-refractivity contribution in [2.24, 2.45) is 0 Å². The number of benzene rings is 1. The third-order valence-electron chi connectivity index (χ3n) is 4.90. The van der Waals surface area contributed by atoms with Gasteiger partial charge in [0.05, 0.1) is 30.6 Å². The molecule has 148 valence electrons. The summed E-state index contributed by atoms with van der Waals surface area (Å²) in [4.78, 5) is 40.4. The molecule has 0 bridgehead atoms. The molecule has 3 aromatic rings. The maximum Gasteiger partial charge on any atom is 0.337 e. The Balaban J connectivity index is 1.73. The van der Waals surface area contributed by atoms with Crippen LogP contribution in [0.4, 0.5) is 0 Å². The highest BCUT2D eigenvalue weighted by Gasteiger charge is 2.33. The zero-order chi connectivity index (χ0) is 20.4. The summed E-state index contributed by atoms with van der Waals surface area (Å²) < 4.78 is 4.87. The summed E-state index contributed by atoms with van der Waals surface area (Å²) in [6.45, 7) is 2.61. The van der Waals surface area contributed by atoms with Gasteiger partial charge < -0.3 is 9.64 Å². The second kappa shape index (κ2) is 8.08. The minimum Gasteiger partial charge on any atom is -0.465 e. The number of likely N-dealkylation sites (tertiary alicyclic amines) is 1. The van der Waals surface area contributed by atoms with Crippen LogP contribution in [0.2, 0.25) is 0 Å². The van der Waals surface area contributed by atoms with Crippen molar-refractivity contribution in [1.82, 2.24) is 19.9 Å². The number of esters is 1. The summed E-state index contributed by atoms with van der Waals surface area (Å²) in [5.41, 5.74) is 2.92. The van der Waals surface area contributed by atoms with Gasteiger partial charge in [0.25, 0.3) is 5.91 Å². The third-order valence-corrected chi connectivity index (χ3v) is 5.96. The Hall–Kier alpha value is -3.13. The van der Waals surface area contributed by atoms with Crippen LogP contribution in [0.15, 0.2) is 42.2 Å². The molecule has 8 heteroatoms. The van der Waals surface area contributed by atoms with Gasteiger partial charge in [0.15, 0.2) is 0 Å². The maximum absolute atomic E-state index is 13.4. The van der Waals surface area contributed by atoms with Crippen molar-refractivity contribution < 1.29 is 14.3 Å². The number of carbonyl (C=O) groups is 2. The van der Waals surface area contributed by atoms with E-state index in [-0.39, 0.29) is 11.9 Å². The van der Waals surface area contributed by atoms with E-state index in [1.54, 1.807) is 48.1 Å². The van der Waals surface area contributed by atoms with E-state index in [4.69, 9.17) is 4.74 Å². The fourth-order valence-corrected chi connectivity index (χ4v) is 4.48. The number of nitrogens with zero attached hydrogens (tertiary/aromatic N) is 4. The minimum atomic E-state index is -0.502. The maximum atomic E-state index is 13.4. The molecule has 1 aliphatic rings. The Kier molecular flexibility index (Phi) is 5.35. The van der Waals surface area contributed by atoms with Crippen molar-refractivity contribution in [3.8, 4) is 11.3 Å². The molecule has 7 nitrogen and oxygen atoms in total. The predicted molar refractivity (Wildman–Crippen MR) is 109 cm³/mol. The Morgan fingerprint density at radius 3 is 2.72 bits per heavy atom. The predicted octanol–water partition coefficient (Wildman–Crippen LogP) is 3.67. The van der Waals surface area contributed by atoms with Gasteiger partial charge in [0, 0.05) is 41.1 Å². The Bertz CT molecular complexity index is 1050. The van der Waals surface area contributed by atoms with E-state index in [0.29, 0.717) is 28.9 Å². The van der Waals surface area contributed by atoms with Crippen LogP contribution in [-0.4, -0.2) is 45.4 Å². The number of thiazole rings is 1. The molecule has 1 aliphatic heterocycles. The summed E-state index contributed by atoms with van der Waals surface area (Å²) in [5, 5.41) is 2.95. The molecule has 0 aliphatic carbocycles. The molecule has 3 heterocycles. The number of ether oxygens (including phenoxy) is 1. The lowest BCUT2D eigenvalue weighted by molar-refractivity contribution is 0.0600. The highest BCUT2D eigenvalue weighted by Crippen LogP contribution is 2.35. The van der Waals surface area contributed by atoms with Gasteiger partial charge in [-0.2, -0.15) is 0 Å². The molecular formula is C21H20N4O3S. The molecular weight excluding hydrogens is 388 g/mol. The number of methoxy groups -OCH3 is 1. The lowest BCUT2D eigenvalue weighted by Gasteiger charge is -2.23. The average molecular weight is 408 g/mol. The number of hydrogen-bond acceptors (Lipinski definition) is 7. The average Bonchev–Trinajstić information content (AvgIpc) is 3.41. The van der Waals surface area contributed by atoms with Gasteiger partial charge >= 0.3 is 5.97 Å². The van der Waals surface area contributed by atoms with E-state index >= 15 is 0 Å². The molecule has 1 saturated heterocycles. The molecule has 0 spiro atoms. The highest BCUT2D eigenvalue weighted by atomic mass is 32.1. The number of rotatable bonds is 4. The normalized spacial score (nSPS) is 16.1. The van der Waals surface area contributed by atoms with Gasteiger partial charge in [-0.15, -0.1) is 11.3 Å². The van der Waals surface area contributed by atoms with Crippen LogP contribution in [0.5, 0.6) is 0 Å². The SMILES string of the molecule is COC(=O)c1cc(C(=O)N2CCC[C@@H]2c2nc(C)cs2)cc(-c2cnccn2)c1. The second-order valence-corrected chi connectivity index (χ2v) is 7.75. The fraction of sp³-hybridized carbons (Fsp3) is 0.286. The first kappa shape index (κ1) is 19.2. The van der Waals surface area contributed by atoms with Gasteiger partial charge in [0.2, 0.25) is 0 Å². The molecule has 1 fully saturated rings. The molecule has 0 N–H and O–H groups in total. The zero-order valence-electron chi connectivity index (χ0n) is 16.2. The number of aryl methyl sites for hydroxylation is 1. The van der Waals surface area contributed by atoms with Crippen molar-refractivity contribution in [3.63, 3.8) is 0 Å². The van der Waals surface area contributed by atoms with E-state index < -0.39 is 5.97 Å². The zero-order valence-corrected chi connectivity index (χ0v) is 17.0. The van der Waals surface area contributed by atoms with Crippen LogP contribution in [0, 0.1) is 6.92 Å². The van der Waals surface area contributed by atoms with Gasteiger partial charge in [-0.3, -0.25) is 14.8 Å². The quantitative estimate of drug-likeness (QED) is 0.612. The van der Waals surface area contributed by atoms with Crippen LogP contribution in [0.25, 0.3) is 11.3 Å². The van der Waals surface area contributed by atoms with Crippen LogP contribution < -0.4 is 0 Å². The van der Waals surface area contributed by atoms with Crippen molar-refractivity contribution in [3.05, 3.63) is 64.0 Å². The topological polar surface area (TPSA) is 85.3 Å². The molecule has 0 unspecified atom stereocenters. The van der Waals surface area contributed by atoms with Gasteiger partial charge in [-0.05, 0) is 38.0 Å². The lowest BCUT2D eigenvalue weighted by Crippen LogP contribution is -2.30. The number of aromatic nitrogens is 3. The van der Waals surface area contributed by atoms with E-state index in [9.17, 15) is 9.59 Å². The standard InChI is InChI=1S/C21H20N4O3S/c1-13-12-29-19(24-13)18-4-3-7-25(18)20(26)15-8-14(17-11-22-5-6-23-17)9-16(10-15)21(27)28-2/h5-6,8-12,18H,3-4,7H2,1-2H3/t18-/m1/s1. The Morgan fingerprint density at radius 1 is 1.21 bits per heavy atom.